The van der Waals surface area contributed by atoms with E-state index >= 15 is 4.39 Å². The molecule has 0 aliphatic rings. The second kappa shape index (κ2) is 10.8. The predicted molar refractivity (Wildman–Crippen MR) is 152 cm³/mol. The second-order valence-electron chi connectivity index (χ2n) is 9.71. The summed E-state index contributed by atoms with van der Waals surface area (Å²) in [5.74, 6) is -0.863. The number of hydrogen-bond donors (Lipinski definition) is 1. The Labute approximate surface area is 230 Å². The lowest BCUT2D eigenvalue weighted by Crippen LogP contribution is -2.27. The third-order valence-electron chi connectivity index (χ3n) is 7.14. The second-order valence-corrected chi connectivity index (χ2v) is 9.71. The summed E-state index contributed by atoms with van der Waals surface area (Å²) in [5, 5.41) is 15.4. The van der Waals surface area contributed by atoms with Crippen molar-refractivity contribution in [2.75, 3.05) is 0 Å². The highest BCUT2D eigenvalue weighted by atomic mass is 19.1. The number of benzene rings is 2. The van der Waals surface area contributed by atoms with E-state index in [0.717, 1.165) is 11.1 Å². The maximum Gasteiger partial charge on any atom is 0.265 e. The molecule has 0 aliphatic heterocycles. The van der Waals surface area contributed by atoms with Crippen LogP contribution in [-0.2, 0) is 33.4 Å². The smallest absolute Gasteiger partial charge is 0.265 e. The molecule has 0 bridgehead atoms. The molecule has 0 fully saturated rings. The highest BCUT2D eigenvalue weighted by molar-refractivity contribution is 5.63. The number of halogens is 1. The summed E-state index contributed by atoms with van der Waals surface area (Å²) in [6.07, 6.45) is 4.52. The Morgan fingerprint density at radius 2 is 1.60 bits per heavy atom. The molecule has 3 aromatic heterocycles. The first-order valence-corrected chi connectivity index (χ1v) is 13.1. The number of rotatable bonds is 7. The Balaban J connectivity index is 1.69. The van der Waals surface area contributed by atoms with Crippen molar-refractivity contribution in [1.82, 2.24) is 23.9 Å². The monoisotopic (exact) mass is 539 g/mol. The van der Waals surface area contributed by atoms with Crippen LogP contribution in [0.2, 0.25) is 0 Å². The molecule has 0 radical (unpaired) electrons. The lowest BCUT2D eigenvalue weighted by atomic mass is 10.00. The summed E-state index contributed by atoms with van der Waals surface area (Å²) in [6, 6.07) is 15.4. The van der Waals surface area contributed by atoms with Gasteiger partial charge in [0.25, 0.3) is 11.1 Å². The first kappa shape index (κ1) is 26.8. The van der Waals surface area contributed by atoms with E-state index in [9.17, 15) is 14.7 Å². The van der Waals surface area contributed by atoms with E-state index in [1.807, 2.05) is 32.0 Å². The van der Waals surface area contributed by atoms with Crippen LogP contribution in [0.15, 0.2) is 76.6 Å². The zero-order valence-electron chi connectivity index (χ0n) is 22.8. The SMILES string of the molecule is CCc1cccc(CC)c1-n1c(-c2ccn(C)n2)nc(O)c(Cc2ccc(-c3cccn(C)c3=O)cc2F)c1=O. The van der Waals surface area contributed by atoms with E-state index in [0.29, 0.717) is 35.3 Å². The number of pyridine rings is 1. The molecule has 2 aromatic carbocycles. The molecular formula is C31H30FN5O3. The molecule has 0 aliphatic carbocycles. The summed E-state index contributed by atoms with van der Waals surface area (Å²) in [6.45, 7) is 4.02. The van der Waals surface area contributed by atoms with Gasteiger partial charge in [0, 0.05) is 38.5 Å². The highest BCUT2D eigenvalue weighted by Crippen LogP contribution is 2.29. The molecule has 5 aromatic rings. The van der Waals surface area contributed by atoms with E-state index in [-0.39, 0.29) is 28.9 Å². The predicted octanol–water partition coefficient (Wildman–Crippen LogP) is 4.56. The molecule has 204 valence electrons. The number of aromatic hydroxyl groups is 1. The normalized spacial score (nSPS) is 11.2. The minimum absolute atomic E-state index is 0.0325. The fraction of sp³-hybridized carbons (Fsp3) is 0.226. The Morgan fingerprint density at radius 3 is 2.23 bits per heavy atom. The third kappa shape index (κ3) is 4.75. The molecule has 9 heteroatoms. The van der Waals surface area contributed by atoms with Crippen LogP contribution in [0.25, 0.3) is 28.3 Å². The molecule has 0 spiro atoms. The zero-order valence-corrected chi connectivity index (χ0v) is 22.8. The molecule has 1 N–H and O–H groups in total. The lowest BCUT2D eigenvalue weighted by molar-refractivity contribution is 0.443. The largest absolute Gasteiger partial charge is 0.493 e. The minimum atomic E-state index is -0.592. The van der Waals surface area contributed by atoms with Gasteiger partial charge in [0.15, 0.2) is 5.82 Å². The van der Waals surface area contributed by atoms with Crippen molar-refractivity contribution in [1.29, 1.82) is 0 Å². The van der Waals surface area contributed by atoms with Crippen LogP contribution in [0.1, 0.15) is 36.1 Å². The fourth-order valence-corrected chi connectivity index (χ4v) is 4.98. The summed E-state index contributed by atoms with van der Waals surface area (Å²) < 4.78 is 19.9. The van der Waals surface area contributed by atoms with Gasteiger partial charge in [-0.25, -0.2) is 4.39 Å². The summed E-state index contributed by atoms with van der Waals surface area (Å²) in [4.78, 5) is 31.1. The maximum atomic E-state index is 15.4. The van der Waals surface area contributed by atoms with Crippen molar-refractivity contribution in [3.05, 3.63) is 116 Å². The van der Waals surface area contributed by atoms with Gasteiger partial charge in [-0.3, -0.25) is 18.8 Å². The van der Waals surface area contributed by atoms with Crippen molar-refractivity contribution in [3.8, 4) is 34.2 Å². The van der Waals surface area contributed by atoms with Gasteiger partial charge in [-0.15, -0.1) is 0 Å². The Hall–Kier alpha value is -4.79. The van der Waals surface area contributed by atoms with E-state index < -0.39 is 17.3 Å². The zero-order chi connectivity index (χ0) is 28.6. The van der Waals surface area contributed by atoms with Crippen LogP contribution in [0.5, 0.6) is 5.88 Å². The van der Waals surface area contributed by atoms with Crippen LogP contribution in [-0.4, -0.2) is 29.0 Å². The average Bonchev–Trinajstić information content (AvgIpc) is 3.38. The maximum absolute atomic E-state index is 15.4. The van der Waals surface area contributed by atoms with E-state index in [1.54, 1.807) is 55.4 Å². The van der Waals surface area contributed by atoms with Gasteiger partial charge in [0.1, 0.15) is 11.5 Å². The van der Waals surface area contributed by atoms with Gasteiger partial charge >= 0.3 is 0 Å². The van der Waals surface area contributed by atoms with Gasteiger partial charge in [-0.2, -0.15) is 10.1 Å². The van der Waals surface area contributed by atoms with Crippen LogP contribution >= 0.6 is 0 Å². The highest BCUT2D eigenvalue weighted by Gasteiger charge is 2.24. The summed E-state index contributed by atoms with van der Waals surface area (Å²) in [7, 11) is 3.39. The summed E-state index contributed by atoms with van der Waals surface area (Å²) in [5.41, 5.74) is 3.22. The fourth-order valence-electron chi connectivity index (χ4n) is 4.98. The van der Waals surface area contributed by atoms with Crippen molar-refractivity contribution >= 4 is 0 Å². The van der Waals surface area contributed by atoms with Crippen molar-refractivity contribution in [3.63, 3.8) is 0 Å². The van der Waals surface area contributed by atoms with E-state index in [1.165, 1.54) is 21.3 Å². The van der Waals surface area contributed by atoms with Crippen molar-refractivity contribution < 1.29 is 9.50 Å². The number of hydrogen-bond acceptors (Lipinski definition) is 5. The lowest BCUT2D eigenvalue weighted by Gasteiger charge is -2.19. The first-order valence-electron chi connectivity index (χ1n) is 13.1. The van der Waals surface area contributed by atoms with Gasteiger partial charge in [-0.05, 0) is 59.4 Å². The van der Waals surface area contributed by atoms with Crippen LogP contribution in [0.4, 0.5) is 4.39 Å². The van der Waals surface area contributed by atoms with Crippen LogP contribution in [0, 0.1) is 5.82 Å². The average molecular weight is 540 g/mol. The third-order valence-corrected chi connectivity index (χ3v) is 7.14. The van der Waals surface area contributed by atoms with Crippen molar-refractivity contribution in [2.45, 2.75) is 33.1 Å². The molecule has 0 atom stereocenters. The van der Waals surface area contributed by atoms with E-state index in [4.69, 9.17) is 0 Å². The molecule has 5 rings (SSSR count). The molecular weight excluding hydrogens is 509 g/mol. The van der Waals surface area contributed by atoms with Gasteiger partial charge in [0.2, 0.25) is 5.88 Å². The molecule has 0 saturated carbocycles. The molecule has 0 amide bonds. The number of nitrogens with zero attached hydrogens (tertiary/aromatic N) is 5. The van der Waals surface area contributed by atoms with Crippen LogP contribution < -0.4 is 11.1 Å². The van der Waals surface area contributed by atoms with Crippen molar-refractivity contribution in [2.24, 2.45) is 14.1 Å². The number of aryl methyl sites for hydroxylation is 4. The molecule has 0 unspecified atom stereocenters. The standard InChI is InChI=1S/C31H30FN5O3/c1-5-19-9-7-10-20(6-2)27(19)37-28(26-14-16-36(4)34-26)33-29(38)24(31(37)40)17-22-13-12-21(18-25(22)32)23-11-8-15-35(3)30(23)39/h7-16,18,38H,5-6,17H2,1-4H3. The quantitative estimate of drug-likeness (QED) is 0.327. The Kier molecular flexibility index (Phi) is 7.21. The topological polar surface area (TPSA) is 94.9 Å². The van der Waals surface area contributed by atoms with Crippen LogP contribution in [0.3, 0.4) is 0 Å². The molecule has 0 saturated heterocycles. The van der Waals surface area contributed by atoms with Gasteiger partial charge in [0.05, 0.1) is 11.3 Å². The Bertz CT molecular complexity index is 1830. The summed E-state index contributed by atoms with van der Waals surface area (Å²) >= 11 is 0. The minimum Gasteiger partial charge on any atom is -0.493 e. The molecule has 40 heavy (non-hydrogen) atoms. The van der Waals surface area contributed by atoms with Gasteiger partial charge in [-0.1, -0.05) is 44.2 Å². The molecule has 3 heterocycles. The first-order chi connectivity index (χ1) is 19.2. The van der Waals surface area contributed by atoms with Gasteiger partial charge < -0.3 is 9.67 Å². The number of aromatic nitrogens is 5. The Morgan fingerprint density at radius 1 is 0.875 bits per heavy atom. The molecule has 8 nitrogen and oxygen atoms in total. The van der Waals surface area contributed by atoms with E-state index in [2.05, 4.69) is 10.1 Å². The number of para-hydroxylation sites is 1.